The zero-order valence-corrected chi connectivity index (χ0v) is 45.4. The maximum absolute atomic E-state index is 7.02. The van der Waals surface area contributed by atoms with Gasteiger partial charge in [-0.05, 0) is 110 Å². The molecule has 0 aromatic heterocycles. The largest absolute Gasteiger partial charge is 0.381 e. The Kier molecular flexibility index (Phi) is 18.6. The number of ether oxygens (including phenoxy) is 6. The van der Waals surface area contributed by atoms with Crippen LogP contribution >= 0.6 is 0 Å². The molecule has 0 radical (unpaired) electrons. The molecule has 4 aliphatic rings. The van der Waals surface area contributed by atoms with Gasteiger partial charge in [0.25, 0.3) is 0 Å². The summed E-state index contributed by atoms with van der Waals surface area (Å²) in [7, 11) is 0. The van der Waals surface area contributed by atoms with E-state index in [1.54, 1.807) is 0 Å². The Hall–Kier alpha value is -1.96. The van der Waals surface area contributed by atoms with Gasteiger partial charge in [-0.15, -0.1) is 0 Å². The number of nitrogens with zero attached hydrogens (tertiary/aromatic N) is 2. The third kappa shape index (κ3) is 11.2. The van der Waals surface area contributed by atoms with Gasteiger partial charge < -0.3 is 28.4 Å². The van der Waals surface area contributed by atoms with Crippen LogP contribution in [0.2, 0.25) is 0 Å². The number of rotatable bonds is 23. The molecule has 0 N–H and O–H groups in total. The minimum atomic E-state index is -0.711. The first-order valence-corrected chi connectivity index (χ1v) is 27.1. The van der Waals surface area contributed by atoms with Crippen molar-refractivity contribution in [3.8, 4) is 0 Å². The first kappa shape index (κ1) is 55.4. The van der Waals surface area contributed by atoms with Crippen molar-refractivity contribution in [2.45, 2.75) is 220 Å². The Balaban J connectivity index is 0.919. The fourth-order valence-electron chi connectivity index (χ4n) is 12.3. The summed E-state index contributed by atoms with van der Waals surface area (Å²) >= 11 is 0. The van der Waals surface area contributed by atoms with E-state index in [9.17, 15) is 0 Å². The SMILES string of the molecule is CCC1(COCCCCCCOCC2(CC)OCC3(CO2)CC(C)(CC)N(OC(C)c2ccccc2)C(C)(CC)C3C)COC2(CC(C)(CC)N(OC(C)c3ccccc3)C(C)(CC)C2C)OC1. The molecule has 0 saturated carbocycles. The summed E-state index contributed by atoms with van der Waals surface area (Å²) < 4.78 is 40.4. The molecule has 4 fully saturated rings. The Morgan fingerprint density at radius 3 is 1.43 bits per heavy atom. The molecule has 8 atom stereocenters. The molecule has 10 nitrogen and oxygen atoms in total. The molecule has 4 aliphatic heterocycles. The van der Waals surface area contributed by atoms with Crippen molar-refractivity contribution in [2.24, 2.45) is 22.7 Å². The molecule has 8 unspecified atom stereocenters. The predicted octanol–water partition coefficient (Wildman–Crippen LogP) is 13.6. The molecule has 4 heterocycles. The number of hydroxylamine groups is 4. The average Bonchev–Trinajstić information content (AvgIpc) is 3.37. The predicted molar refractivity (Wildman–Crippen MR) is 273 cm³/mol. The van der Waals surface area contributed by atoms with Gasteiger partial charge in [-0.25, -0.2) is 0 Å². The quantitative estimate of drug-likeness (QED) is 0.100. The van der Waals surface area contributed by atoms with Gasteiger partial charge in [0.1, 0.15) is 18.8 Å². The number of piperidine rings is 2. The summed E-state index contributed by atoms with van der Waals surface area (Å²) in [5.41, 5.74) is 1.17. The molecule has 4 saturated heterocycles. The van der Waals surface area contributed by atoms with E-state index in [0.29, 0.717) is 46.2 Å². The van der Waals surface area contributed by atoms with Crippen molar-refractivity contribution in [2.75, 3.05) is 52.9 Å². The van der Waals surface area contributed by atoms with Crippen molar-refractivity contribution in [3.63, 3.8) is 0 Å². The highest BCUT2D eigenvalue weighted by molar-refractivity contribution is 5.19. The lowest BCUT2D eigenvalue weighted by Crippen LogP contribution is -2.74. The van der Waals surface area contributed by atoms with Gasteiger partial charge in [-0.1, -0.05) is 129 Å². The maximum atomic E-state index is 7.02. The summed E-state index contributed by atoms with van der Waals surface area (Å²) in [6, 6.07) is 21.1. The minimum absolute atomic E-state index is 0.0442. The molecule has 10 heteroatoms. The second kappa shape index (κ2) is 22.9. The van der Waals surface area contributed by atoms with Crippen molar-refractivity contribution in [1.82, 2.24) is 10.1 Å². The van der Waals surface area contributed by atoms with Crippen molar-refractivity contribution >= 4 is 0 Å². The standard InChI is InChI=1S/C58H96N2O8/c1-15-51(11)37-56(47(9)53(13,17-3)59(51)67-45(7)49-31-25-23-26-32-49)42-63-57(20-6,64-43-56)44-62-36-30-22-21-29-35-61-39-55(19-5)40-65-58(66-41-55)38-52(12,16-2)60(54(14,18-4)48(58)10)68-46(8)50-33-27-24-28-34-50/h23-28,31-34,45-48H,15-22,29-30,35-44H2,1-14H3. The first-order valence-electron chi connectivity index (χ1n) is 27.1. The normalized spacial score (nSPS) is 38.0. The van der Waals surface area contributed by atoms with Gasteiger partial charge in [0.05, 0.1) is 38.6 Å². The van der Waals surface area contributed by atoms with Gasteiger partial charge in [-0.2, -0.15) is 10.1 Å². The van der Waals surface area contributed by atoms with Gasteiger partial charge in [0.2, 0.25) is 0 Å². The number of hydrogen-bond donors (Lipinski definition) is 0. The van der Waals surface area contributed by atoms with E-state index in [-0.39, 0.29) is 57.0 Å². The second-order valence-electron chi connectivity index (χ2n) is 22.8. The van der Waals surface area contributed by atoms with Gasteiger partial charge >= 0.3 is 0 Å². The highest BCUT2D eigenvalue weighted by Crippen LogP contribution is 2.58. The van der Waals surface area contributed by atoms with Crippen molar-refractivity contribution in [1.29, 1.82) is 0 Å². The lowest BCUT2D eigenvalue weighted by Gasteiger charge is -2.65. The van der Waals surface area contributed by atoms with Crippen LogP contribution in [-0.2, 0) is 38.1 Å². The lowest BCUT2D eigenvalue weighted by atomic mass is 9.57. The van der Waals surface area contributed by atoms with Crippen molar-refractivity contribution < 1.29 is 38.1 Å². The van der Waals surface area contributed by atoms with Crippen LogP contribution < -0.4 is 0 Å². The Labute approximate surface area is 414 Å². The molecule has 386 valence electrons. The molecule has 6 rings (SSSR count). The molecule has 2 aromatic carbocycles. The maximum Gasteiger partial charge on any atom is 0.191 e. The number of hydrogen-bond acceptors (Lipinski definition) is 10. The van der Waals surface area contributed by atoms with Gasteiger partial charge in [-0.3, -0.25) is 9.68 Å². The lowest BCUT2D eigenvalue weighted by molar-refractivity contribution is -0.418. The van der Waals surface area contributed by atoms with Crippen LogP contribution in [0.15, 0.2) is 60.7 Å². The monoisotopic (exact) mass is 949 g/mol. The van der Waals surface area contributed by atoms with Crippen LogP contribution in [0.5, 0.6) is 0 Å². The van der Waals surface area contributed by atoms with Crippen LogP contribution in [0.4, 0.5) is 0 Å². The van der Waals surface area contributed by atoms with Crippen LogP contribution in [0, 0.1) is 22.7 Å². The summed E-state index contributed by atoms with van der Waals surface area (Å²) in [6.45, 7) is 37.1. The van der Waals surface area contributed by atoms with E-state index in [0.717, 1.165) is 83.7 Å². The van der Waals surface area contributed by atoms with Crippen LogP contribution in [0.1, 0.15) is 197 Å². The van der Waals surface area contributed by atoms with Gasteiger partial charge in [0.15, 0.2) is 11.6 Å². The third-order valence-corrected chi connectivity index (χ3v) is 18.6. The highest BCUT2D eigenvalue weighted by atomic mass is 16.7. The second-order valence-corrected chi connectivity index (χ2v) is 22.8. The van der Waals surface area contributed by atoms with E-state index in [4.69, 9.17) is 38.1 Å². The Morgan fingerprint density at radius 1 is 0.529 bits per heavy atom. The summed E-state index contributed by atoms with van der Waals surface area (Å²) in [6.07, 6.45) is 11.3. The molecule has 0 bridgehead atoms. The van der Waals surface area contributed by atoms with Crippen molar-refractivity contribution in [3.05, 3.63) is 71.8 Å². The van der Waals surface area contributed by atoms with Crippen LogP contribution in [-0.4, -0.2) is 96.7 Å². The summed E-state index contributed by atoms with van der Waals surface area (Å²) in [5.74, 6) is -1.01. The van der Waals surface area contributed by atoms with E-state index < -0.39 is 11.6 Å². The molecule has 0 amide bonds. The fraction of sp³-hybridized carbons (Fsp3) is 0.793. The van der Waals surface area contributed by atoms with E-state index >= 15 is 0 Å². The molecular weight excluding hydrogens is 853 g/mol. The summed E-state index contributed by atoms with van der Waals surface area (Å²) in [5, 5.41) is 4.70. The fourth-order valence-corrected chi connectivity index (χ4v) is 12.3. The number of benzene rings is 2. The average molecular weight is 949 g/mol. The Morgan fingerprint density at radius 2 is 0.985 bits per heavy atom. The zero-order valence-electron chi connectivity index (χ0n) is 45.4. The highest BCUT2D eigenvalue weighted by Gasteiger charge is 2.65. The first-order chi connectivity index (χ1) is 32.4. The molecule has 68 heavy (non-hydrogen) atoms. The Bertz CT molecular complexity index is 1690. The third-order valence-electron chi connectivity index (χ3n) is 18.6. The smallest absolute Gasteiger partial charge is 0.191 e. The molecule has 0 aliphatic carbocycles. The van der Waals surface area contributed by atoms with E-state index in [2.05, 4.69) is 168 Å². The summed E-state index contributed by atoms with van der Waals surface area (Å²) in [4.78, 5) is 13.9. The zero-order chi connectivity index (χ0) is 49.5. The topological polar surface area (TPSA) is 80.3 Å². The van der Waals surface area contributed by atoms with Crippen LogP contribution in [0.3, 0.4) is 0 Å². The van der Waals surface area contributed by atoms with E-state index in [1.807, 2.05) is 0 Å². The minimum Gasteiger partial charge on any atom is -0.381 e. The van der Waals surface area contributed by atoms with Gasteiger partial charge in [0, 0.05) is 59.4 Å². The van der Waals surface area contributed by atoms with Crippen LogP contribution in [0.25, 0.3) is 0 Å². The van der Waals surface area contributed by atoms with E-state index in [1.165, 1.54) is 11.1 Å². The molecular formula is C58H96N2O8. The molecule has 2 aromatic rings. The number of unbranched alkanes of at least 4 members (excludes halogenated alkanes) is 3. The molecule has 2 spiro atoms.